The highest BCUT2D eigenvalue weighted by atomic mass is 16.6. The predicted octanol–water partition coefficient (Wildman–Crippen LogP) is 6.22. The Labute approximate surface area is 348 Å². The Morgan fingerprint density at radius 2 is 1.12 bits per heavy atom. The van der Waals surface area contributed by atoms with Crippen molar-refractivity contribution in [3.8, 4) is 22.3 Å². The number of rotatable bonds is 18. The summed E-state index contributed by atoms with van der Waals surface area (Å²) in [5.41, 5.74) is 16.6. The van der Waals surface area contributed by atoms with E-state index in [1.807, 2.05) is 109 Å². The number of carbonyl (C=O) groups excluding carboxylic acids is 4. The van der Waals surface area contributed by atoms with Crippen molar-refractivity contribution in [2.45, 2.75) is 58.2 Å². The van der Waals surface area contributed by atoms with Gasteiger partial charge in [-0.3, -0.25) is 24.5 Å². The fourth-order valence-corrected chi connectivity index (χ4v) is 6.05. The Hall–Kier alpha value is -7.26. The van der Waals surface area contributed by atoms with Crippen molar-refractivity contribution in [3.05, 3.63) is 147 Å². The van der Waals surface area contributed by atoms with Gasteiger partial charge in [-0.25, -0.2) is 0 Å². The van der Waals surface area contributed by atoms with E-state index in [-0.39, 0.29) is 43.1 Å². The maximum atomic E-state index is 14.1. The number of nitrogen functional groups attached to an aromatic ring is 1. The fraction of sp³-hybridized carbons (Fsp3) is 0.244. The molecule has 60 heavy (non-hydrogen) atoms. The van der Waals surface area contributed by atoms with Gasteiger partial charge in [0.25, 0.3) is 0 Å². The van der Waals surface area contributed by atoms with E-state index in [9.17, 15) is 34.2 Å². The first-order valence-corrected chi connectivity index (χ1v) is 19.3. The van der Waals surface area contributed by atoms with Gasteiger partial charge in [0.2, 0.25) is 23.4 Å². The number of nitrogens with one attached hydrogen (secondary N) is 4. The molecule has 0 saturated heterocycles. The first-order chi connectivity index (χ1) is 28.8. The van der Waals surface area contributed by atoms with Crippen LogP contribution in [0.4, 0.5) is 22.7 Å². The number of nitro groups is 1. The molecular weight excluding hydrogens is 765 g/mol. The van der Waals surface area contributed by atoms with Crippen LogP contribution in [0.5, 0.6) is 0 Å². The van der Waals surface area contributed by atoms with Crippen LogP contribution in [0.15, 0.2) is 127 Å². The van der Waals surface area contributed by atoms with Crippen molar-refractivity contribution >= 4 is 46.3 Å². The summed E-state index contributed by atoms with van der Waals surface area (Å²) in [4.78, 5) is 72.1. The third kappa shape index (κ3) is 13.4. The molecule has 0 saturated carbocycles. The molecule has 0 aliphatic rings. The summed E-state index contributed by atoms with van der Waals surface area (Å²) in [6, 6.07) is 34.5. The highest BCUT2D eigenvalue weighted by Crippen LogP contribution is 2.38. The lowest BCUT2D eigenvalue weighted by Gasteiger charge is -2.24. The van der Waals surface area contributed by atoms with E-state index in [1.54, 1.807) is 6.92 Å². The molecule has 0 fully saturated rings. The monoisotopic (exact) mass is 814 g/mol. The van der Waals surface area contributed by atoms with E-state index < -0.39 is 52.1 Å². The second-order valence-corrected chi connectivity index (χ2v) is 14.0. The van der Waals surface area contributed by atoms with Gasteiger partial charge in [0, 0.05) is 32.0 Å². The quantitative estimate of drug-likeness (QED) is 0.0192. The number of benzene rings is 5. The van der Waals surface area contributed by atoms with Crippen molar-refractivity contribution < 1.29 is 24.1 Å². The molecule has 15 heteroatoms. The van der Waals surface area contributed by atoms with E-state index in [0.29, 0.717) is 6.42 Å². The molecular formula is C45H50N8O7. The highest BCUT2D eigenvalue weighted by Gasteiger charge is 2.29. The topological polar surface area (TPSA) is 241 Å². The molecule has 5 aromatic carbocycles. The minimum Gasteiger partial charge on any atom is -0.395 e. The van der Waals surface area contributed by atoms with Crippen molar-refractivity contribution in [2.75, 3.05) is 24.1 Å². The van der Waals surface area contributed by atoms with Crippen LogP contribution >= 0.6 is 0 Å². The standard InChI is InChI=1S/C42H44N8O6.C3H6O/c1-2-33(43)40(51)47-36(26-28-15-19-32(20-16-28)30-11-7-4-8-12-30)42(53)48-35(25-27-13-17-31(18-14-27)29-9-5-3-6-10-29)41(52)46-24-23-45-34-21-22-37(50(55)56)39(49-54)38(34)44;1-3(2)4/h3-22,33,35-36,45H,2,23-26,43-44H2,1H3,(H,46,52)(H,47,51)(H,48,53);1-2H3. The van der Waals surface area contributed by atoms with E-state index in [4.69, 9.17) is 11.5 Å². The van der Waals surface area contributed by atoms with Gasteiger partial charge in [-0.1, -0.05) is 116 Å². The van der Waals surface area contributed by atoms with E-state index in [1.165, 1.54) is 19.9 Å². The average Bonchev–Trinajstić information content (AvgIpc) is 3.25. The maximum Gasteiger partial charge on any atom is 0.300 e. The summed E-state index contributed by atoms with van der Waals surface area (Å²) < 4.78 is 0. The summed E-state index contributed by atoms with van der Waals surface area (Å²) in [6.45, 7) is 5.00. The number of ketones is 1. The van der Waals surface area contributed by atoms with Gasteiger partial charge in [-0.05, 0) is 64.9 Å². The Morgan fingerprint density at radius 3 is 1.57 bits per heavy atom. The normalized spacial score (nSPS) is 12.0. The molecule has 5 rings (SSSR count). The van der Waals surface area contributed by atoms with Crippen molar-refractivity contribution in [1.82, 2.24) is 16.0 Å². The molecule has 312 valence electrons. The number of anilines is 2. The lowest BCUT2D eigenvalue weighted by Crippen LogP contribution is -2.57. The molecule has 0 aromatic heterocycles. The number of nitro benzene ring substituents is 1. The van der Waals surface area contributed by atoms with Crippen LogP contribution < -0.4 is 32.7 Å². The van der Waals surface area contributed by atoms with Crippen LogP contribution in [0.25, 0.3) is 22.3 Å². The Kier molecular flexibility index (Phi) is 17.1. The summed E-state index contributed by atoms with van der Waals surface area (Å²) in [5, 5.41) is 25.4. The van der Waals surface area contributed by atoms with Crippen molar-refractivity contribution in [2.24, 2.45) is 10.9 Å². The molecule has 0 aliphatic carbocycles. The van der Waals surface area contributed by atoms with Gasteiger partial charge < -0.3 is 37.5 Å². The number of nitroso groups, excluding NO2 is 1. The zero-order valence-electron chi connectivity index (χ0n) is 33.7. The summed E-state index contributed by atoms with van der Waals surface area (Å²) in [5.74, 6) is -1.39. The highest BCUT2D eigenvalue weighted by molar-refractivity contribution is 5.93. The molecule has 3 amide bonds. The molecule has 0 radical (unpaired) electrons. The van der Waals surface area contributed by atoms with Crippen LogP contribution in [0, 0.1) is 15.0 Å². The number of carbonyl (C=O) groups is 4. The van der Waals surface area contributed by atoms with Gasteiger partial charge >= 0.3 is 5.69 Å². The Balaban J connectivity index is 0.00000190. The first kappa shape index (κ1) is 45.4. The molecule has 0 heterocycles. The SMILES string of the molecule is CC(C)=O.CCC(N)C(=O)NC(Cc1ccc(-c2ccccc2)cc1)C(=O)NC(Cc1ccc(-c2ccccc2)cc1)C(=O)NCCNc1ccc([N+](=O)[O-])c(N=O)c1N. The first-order valence-electron chi connectivity index (χ1n) is 19.3. The van der Waals surface area contributed by atoms with Gasteiger partial charge in [0.15, 0.2) is 0 Å². The van der Waals surface area contributed by atoms with Crippen LogP contribution in [-0.2, 0) is 32.0 Å². The number of amides is 3. The number of nitrogens with zero attached hydrogens (tertiary/aromatic N) is 2. The van der Waals surface area contributed by atoms with Crippen LogP contribution in [0.2, 0.25) is 0 Å². The molecule has 8 N–H and O–H groups in total. The predicted molar refractivity (Wildman–Crippen MR) is 234 cm³/mol. The van der Waals surface area contributed by atoms with Gasteiger partial charge in [-0.2, -0.15) is 0 Å². The summed E-state index contributed by atoms with van der Waals surface area (Å²) in [7, 11) is 0. The Bertz CT molecular complexity index is 2230. The molecule has 0 spiro atoms. The van der Waals surface area contributed by atoms with Crippen LogP contribution in [-0.4, -0.2) is 59.6 Å². The Morgan fingerprint density at radius 1 is 0.667 bits per heavy atom. The number of hydrogen-bond donors (Lipinski definition) is 6. The van der Waals surface area contributed by atoms with Gasteiger partial charge in [0.05, 0.1) is 22.3 Å². The molecule has 0 aliphatic heterocycles. The third-order valence-corrected chi connectivity index (χ3v) is 9.27. The minimum atomic E-state index is -1.06. The van der Waals surface area contributed by atoms with Gasteiger partial charge in [-0.15, -0.1) is 4.91 Å². The van der Waals surface area contributed by atoms with Crippen LogP contribution in [0.3, 0.4) is 0 Å². The van der Waals surface area contributed by atoms with Gasteiger partial charge in [0.1, 0.15) is 17.9 Å². The van der Waals surface area contributed by atoms with Crippen molar-refractivity contribution in [3.63, 3.8) is 0 Å². The summed E-state index contributed by atoms with van der Waals surface area (Å²) in [6.07, 6.45) is 0.633. The van der Waals surface area contributed by atoms with E-state index in [0.717, 1.165) is 39.4 Å². The summed E-state index contributed by atoms with van der Waals surface area (Å²) >= 11 is 0. The zero-order chi connectivity index (χ0) is 43.6. The van der Waals surface area contributed by atoms with Crippen molar-refractivity contribution in [1.29, 1.82) is 0 Å². The zero-order valence-corrected chi connectivity index (χ0v) is 33.7. The minimum absolute atomic E-state index is 0.0533. The lowest BCUT2D eigenvalue weighted by molar-refractivity contribution is -0.384. The molecule has 0 bridgehead atoms. The van der Waals surface area contributed by atoms with E-state index >= 15 is 0 Å². The lowest BCUT2D eigenvalue weighted by atomic mass is 9.98. The smallest absolute Gasteiger partial charge is 0.300 e. The molecule has 15 nitrogen and oxygen atoms in total. The number of nitrogens with two attached hydrogens (primary N) is 2. The molecule has 3 unspecified atom stereocenters. The largest absolute Gasteiger partial charge is 0.395 e. The third-order valence-electron chi connectivity index (χ3n) is 9.27. The number of hydrogen-bond acceptors (Lipinski definition) is 11. The average molecular weight is 815 g/mol. The van der Waals surface area contributed by atoms with Crippen LogP contribution in [0.1, 0.15) is 38.3 Å². The molecule has 5 aromatic rings. The van der Waals surface area contributed by atoms with E-state index in [2.05, 4.69) is 26.4 Å². The fourth-order valence-electron chi connectivity index (χ4n) is 6.05. The molecule has 3 atom stereocenters. The second-order valence-electron chi connectivity index (χ2n) is 14.0. The number of Topliss-reactive ketones (excluding diaryl/α,β-unsaturated/α-hetero) is 1. The second kappa shape index (κ2) is 22.6. The maximum absolute atomic E-state index is 14.1.